The van der Waals surface area contributed by atoms with Gasteiger partial charge < -0.3 is 5.32 Å². The van der Waals surface area contributed by atoms with Gasteiger partial charge >= 0.3 is 7.75 Å². The van der Waals surface area contributed by atoms with E-state index in [1.807, 2.05) is 0 Å². The fourth-order valence-corrected chi connectivity index (χ4v) is 5.47. The van der Waals surface area contributed by atoms with Crippen molar-refractivity contribution in [2.75, 3.05) is 32.8 Å². The second-order valence-electron chi connectivity index (χ2n) is 10.2. The van der Waals surface area contributed by atoms with Gasteiger partial charge in [0.2, 0.25) is 0 Å². The summed E-state index contributed by atoms with van der Waals surface area (Å²) in [5, 5.41) is 6.44. The van der Waals surface area contributed by atoms with E-state index in [2.05, 4.69) is 43.3 Å². The highest BCUT2D eigenvalue weighted by molar-refractivity contribution is 7.51. The quantitative estimate of drug-likeness (QED) is 0.101. The smallest absolute Gasteiger partial charge is 0.317 e. The molecule has 1 fully saturated rings. The van der Waals surface area contributed by atoms with Gasteiger partial charge in [-0.05, 0) is 51.6 Å². The van der Waals surface area contributed by atoms with Crippen LogP contribution in [-0.2, 0) is 13.6 Å². The minimum atomic E-state index is -3.07. The number of unbranched alkanes of at least 4 members (excludes halogenated alkanes) is 12. The fraction of sp³-hybridized carbons (Fsp3) is 0.923. The molecule has 0 atom stereocenters. The maximum Gasteiger partial charge on any atom is 0.405 e. The van der Waals surface area contributed by atoms with Gasteiger partial charge in [-0.2, -0.15) is 0 Å². The summed E-state index contributed by atoms with van der Waals surface area (Å²) in [6, 6.07) is 0. The standard InChI is InChI=1S/C26H53N2O3P/c1-4-5-6-7-8-9-10-11-12-13-14-15-16-17-18-19-21-27-22-20-23-28-32(29)30-24-26(2,3)25-31-32/h11-12,27H,4-10,13-25H2,1-3H3,(H,28,29)/b12-11+. The average Bonchev–Trinajstić information content (AvgIpc) is 2.77. The lowest BCUT2D eigenvalue weighted by molar-refractivity contribution is 0.0372. The molecule has 1 saturated heterocycles. The zero-order chi connectivity index (χ0) is 23.4. The molecule has 0 unspecified atom stereocenters. The third-order valence-corrected chi connectivity index (χ3v) is 7.50. The van der Waals surface area contributed by atoms with Crippen LogP contribution in [0, 0.1) is 5.41 Å². The Kier molecular flexibility index (Phi) is 17.9. The Morgan fingerprint density at radius 3 is 1.81 bits per heavy atom. The fourth-order valence-electron chi connectivity index (χ4n) is 3.74. The highest BCUT2D eigenvalue weighted by Crippen LogP contribution is 2.49. The molecule has 0 saturated carbocycles. The molecule has 0 spiro atoms. The molecule has 0 aliphatic carbocycles. The Bertz CT molecular complexity index is 497. The zero-order valence-electron chi connectivity index (χ0n) is 21.5. The monoisotopic (exact) mass is 472 g/mol. The highest BCUT2D eigenvalue weighted by Gasteiger charge is 2.36. The minimum absolute atomic E-state index is 0.0544. The maximum atomic E-state index is 12.3. The Labute approximate surface area is 199 Å². The number of hydrogen-bond donors (Lipinski definition) is 2. The maximum absolute atomic E-state index is 12.3. The first-order chi connectivity index (χ1) is 15.5. The van der Waals surface area contributed by atoms with Gasteiger partial charge in [-0.3, -0.25) is 9.05 Å². The molecule has 1 aliphatic heterocycles. The van der Waals surface area contributed by atoms with Crippen molar-refractivity contribution in [1.29, 1.82) is 0 Å². The van der Waals surface area contributed by atoms with E-state index in [9.17, 15) is 4.57 Å². The van der Waals surface area contributed by atoms with Gasteiger partial charge in [0.15, 0.2) is 0 Å². The lowest BCUT2D eigenvalue weighted by Crippen LogP contribution is -2.33. The molecule has 2 N–H and O–H groups in total. The largest absolute Gasteiger partial charge is 0.405 e. The van der Waals surface area contributed by atoms with Crippen molar-refractivity contribution in [2.45, 2.75) is 117 Å². The molecule has 6 heteroatoms. The van der Waals surface area contributed by atoms with Crippen molar-refractivity contribution < 1.29 is 13.6 Å². The lowest BCUT2D eigenvalue weighted by atomic mass is 9.97. The number of nitrogens with one attached hydrogen (secondary N) is 2. The van der Waals surface area contributed by atoms with E-state index in [1.165, 1.54) is 89.9 Å². The van der Waals surface area contributed by atoms with Gasteiger partial charge in [0.1, 0.15) is 0 Å². The van der Waals surface area contributed by atoms with Crippen molar-refractivity contribution in [2.24, 2.45) is 5.41 Å². The molecule has 5 nitrogen and oxygen atoms in total. The molecular formula is C26H53N2O3P. The van der Waals surface area contributed by atoms with Crippen molar-refractivity contribution in [3.8, 4) is 0 Å². The summed E-state index contributed by atoms with van der Waals surface area (Å²) in [7, 11) is -3.07. The highest BCUT2D eigenvalue weighted by atomic mass is 31.2. The first kappa shape index (κ1) is 29.8. The van der Waals surface area contributed by atoms with Crippen LogP contribution in [0.2, 0.25) is 0 Å². The molecule has 0 aromatic heterocycles. The van der Waals surface area contributed by atoms with Gasteiger partial charge in [-0.25, -0.2) is 9.65 Å². The van der Waals surface area contributed by atoms with E-state index in [-0.39, 0.29) is 5.41 Å². The molecule has 0 aromatic carbocycles. The summed E-state index contributed by atoms with van der Waals surface area (Å²) < 4.78 is 23.2. The van der Waals surface area contributed by atoms with Gasteiger partial charge in [0.25, 0.3) is 0 Å². The summed E-state index contributed by atoms with van der Waals surface area (Å²) in [4.78, 5) is 0. The second kappa shape index (κ2) is 19.2. The molecule has 0 bridgehead atoms. The first-order valence-corrected chi connectivity index (χ1v) is 15.0. The van der Waals surface area contributed by atoms with E-state index in [0.717, 1.165) is 19.5 Å². The predicted molar refractivity (Wildman–Crippen MR) is 138 cm³/mol. The van der Waals surface area contributed by atoms with Gasteiger partial charge in [-0.1, -0.05) is 90.7 Å². The van der Waals surface area contributed by atoms with Crippen LogP contribution >= 0.6 is 7.75 Å². The summed E-state index contributed by atoms with van der Waals surface area (Å²) in [6.07, 6.45) is 24.6. The Morgan fingerprint density at radius 2 is 1.22 bits per heavy atom. The van der Waals surface area contributed by atoms with Crippen molar-refractivity contribution >= 4 is 7.75 Å². The van der Waals surface area contributed by atoms with Crippen LogP contribution < -0.4 is 10.4 Å². The minimum Gasteiger partial charge on any atom is -0.317 e. The summed E-state index contributed by atoms with van der Waals surface area (Å²) in [6.45, 7) is 9.99. The van der Waals surface area contributed by atoms with Gasteiger partial charge in [0, 0.05) is 12.0 Å². The van der Waals surface area contributed by atoms with Crippen LogP contribution in [0.4, 0.5) is 0 Å². The SMILES string of the molecule is CCCCCCCC/C=C/CCCCCCCCNCCCNP1(=O)OCC(C)(C)CO1. The van der Waals surface area contributed by atoms with E-state index < -0.39 is 7.75 Å². The van der Waals surface area contributed by atoms with Gasteiger partial charge in [0.05, 0.1) is 13.2 Å². The van der Waals surface area contributed by atoms with Crippen molar-refractivity contribution in [3.05, 3.63) is 12.2 Å². The third-order valence-electron chi connectivity index (χ3n) is 5.95. The Morgan fingerprint density at radius 1 is 0.719 bits per heavy atom. The molecule has 190 valence electrons. The zero-order valence-corrected chi connectivity index (χ0v) is 22.4. The molecular weight excluding hydrogens is 419 g/mol. The third kappa shape index (κ3) is 17.3. The van der Waals surface area contributed by atoms with E-state index >= 15 is 0 Å². The summed E-state index contributed by atoms with van der Waals surface area (Å²) in [5.74, 6) is 0. The molecule has 32 heavy (non-hydrogen) atoms. The van der Waals surface area contributed by atoms with Crippen LogP contribution in [0.3, 0.4) is 0 Å². The number of hydrogen-bond acceptors (Lipinski definition) is 4. The van der Waals surface area contributed by atoms with Crippen LogP contribution in [0.15, 0.2) is 12.2 Å². The van der Waals surface area contributed by atoms with E-state index in [4.69, 9.17) is 9.05 Å². The molecule has 0 aromatic rings. The molecule has 1 rings (SSSR count). The Balaban J connectivity index is 1.76. The van der Waals surface area contributed by atoms with Gasteiger partial charge in [-0.15, -0.1) is 0 Å². The van der Waals surface area contributed by atoms with Crippen LogP contribution in [-0.4, -0.2) is 32.8 Å². The van der Waals surface area contributed by atoms with Crippen LogP contribution in [0.5, 0.6) is 0 Å². The summed E-state index contributed by atoms with van der Waals surface area (Å²) >= 11 is 0. The second-order valence-corrected chi connectivity index (χ2v) is 12.0. The molecule has 0 amide bonds. The first-order valence-electron chi connectivity index (χ1n) is 13.5. The molecule has 0 radical (unpaired) electrons. The normalized spacial score (nSPS) is 17.8. The number of allylic oxidation sites excluding steroid dienone is 2. The van der Waals surface area contributed by atoms with Crippen LogP contribution in [0.25, 0.3) is 0 Å². The average molecular weight is 473 g/mol. The Hall–Kier alpha value is -0.190. The molecule has 1 aliphatic rings. The van der Waals surface area contributed by atoms with Crippen LogP contribution in [0.1, 0.15) is 117 Å². The molecule has 1 heterocycles. The predicted octanol–water partition coefficient (Wildman–Crippen LogP) is 7.77. The lowest BCUT2D eigenvalue weighted by Gasteiger charge is -2.33. The van der Waals surface area contributed by atoms with E-state index in [0.29, 0.717) is 19.8 Å². The summed E-state index contributed by atoms with van der Waals surface area (Å²) in [5.41, 5.74) is -0.0544. The topological polar surface area (TPSA) is 59.6 Å². The van der Waals surface area contributed by atoms with Crippen molar-refractivity contribution in [1.82, 2.24) is 10.4 Å². The van der Waals surface area contributed by atoms with E-state index in [1.54, 1.807) is 0 Å². The number of rotatable bonds is 21. The van der Waals surface area contributed by atoms with Crippen molar-refractivity contribution in [3.63, 3.8) is 0 Å².